The van der Waals surface area contributed by atoms with Crippen LogP contribution in [0.4, 0.5) is 0 Å². The van der Waals surface area contributed by atoms with E-state index < -0.39 is 15.9 Å². The Balaban J connectivity index is 1.94. The lowest BCUT2D eigenvalue weighted by molar-refractivity contribution is 0.0951. The Labute approximate surface area is 171 Å². The first-order valence-corrected chi connectivity index (χ1v) is 10.6. The number of hydrogen-bond donors (Lipinski definition) is 2. The number of amides is 1. The number of methoxy groups -OCH3 is 1. The zero-order chi connectivity index (χ0) is 20.9. The van der Waals surface area contributed by atoms with Crippen molar-refractivity contribution in [2.75, 3.05) is 20.2 Å². The Morgan fingerprint density at radius 1 is 1.07 bits per heavy atom. The second-order valence-electron chi connectivity index (χ2n) is 7.27. The fraction of sp³-hybridized carbons (Fsp3) is 0.350. The van der Waals surface area contributed by atoms with E-state index in [2.05, 4.69) is 30.8 Å². The SMILES string of the molecule is COc1ccc(Cl)cc1C(=O)NCCNS(=O)(=O)c1ccc(C(C)(C)C)cc1. The summed E-state index contributed by atoms with van der Waals surface area (Å²) in [5, 5.41) is 3.06. The highest BCUT2D eigenvalue weighted by molar-refractivity contribution is 7.89. The molecule has 2 N–H and O–H groups in total. The monoisotopic (exact) mass is 424 g/mol. The first-order valence-electron chi connectivity index (χ1n) is 8.76. The molecule has 28 heavy (non-hydrogen) atoms. The molecule has 0 saturated carbocycles. The van der Waals surface area contributed by atoms with Crippen LogP contribution >= 0.6 is 11.6 Å². The molecule has 0 saturated heterocycles. The van der Waals surface area contributed by atoms with Gasteiger partial charge in [0.25, 0.3) is 5.91 Å². The molecule has 0 aromatic heterocycles. The lowest BCUT2D eigenvalue weighted by Gasteiger charge is -2.19. The summed E-state index contributed by atoms with van der Waals surface area (Å²) in [5.74, 6) is -0.00510. The van der Waals surface area contributed by atoms with Crippen LogP contribution in [0, 0.1) is 0 Å². The molecule has 0 aliphatic rings. The van der Waals surface area contributed by atoms with E-state index in [1.54, 1.807) is 24.3 Å². The van der Waals surface area contributed by atoms with Gasteiger partial charge in [0, 0.05) is 18.1 Å². The molecule has 0 atom stereocenters. The van der Waals surface area contributed by atoms with Gasteiger partial charge < -0.3 is 10.1 Å². The van der Waals surface area contributed by atoms with Crippen molar-refractivity contribution in [3.05, 3.63) is 58.6 Å². The maximum atomic E-state index is 12.4. The molecule has 2 aromatic rings. The van der Waals surface area contributed by atoms with Crippen molar-refractivity contribution in [3.8, 4) is 5.75 Å². The molecule has 152 valence electrons. The first-order chi connectivity index (χ1) is 13.0. The fourth-order valence-corrected chi connectivity index (χ4v) is 3.74. The highest BCUT2D eigenvalue weighted by atomic mass is 35.5. The van der Waals surface area contributed by atoms with Gasteiger partial charge in [-0.1, -0.05) is 44.5 Å². The normalized spacial score (nSPS) is 11.9. The van der Waals surface area contributed by atoms with E-state index in [1.807, 2.05) is 12.1 Å². The van der Waals surface area contributed by atoms with Gasteiger partial charge in [-0.25, -0.2) is 13.1 Å². The molecular weight excluding hydrogens is 400 g/mol. The minimum Gasteiger partial charge on any atom is -0.496 e. The molecule has 0 aliphatic heterocycles. The van der Waals surface area contributed by atoms with E-state index in [0.29, 0.717) is 10.8 Å². The topological polar surface area (TPSA) is 84.5 Å². The van der Waals surface area contributed by atoms with Gasteiger partial charge in [0.15, 0.2) is 0 Å². The lowest BCUT2D eigenvalue weighted by atomic mass is 9.87. The molecule has 2 rings (SSSR count). The van der Waals surface area contributed by atoms with E-state index in [-0.39, 0.29) is 29.0 Å². The highest BCUT2D eigenvalue weighted by Crippen LogP contribution is 2.24. The van der Waals surface area contributed by atoms with Crippen molar-refractivity contribution in [2.24, 2.45) is 0 Å². The molecule has 0 unspecified atom stereocenters. The van der Waals surface area contributed by atoms with Gasteiger partial charge in [-0.15, -0.1) is 0 Å². The summed E-state index contributed by atoms with van der Waals surface area (Å²) in [5.41, 5.74) is 1.28. The average Bonchev–Trinajstić information content (AvgIpc) is 2.64. The molecule has 1 amide bonds. The van der Waals surface area contributed by atoms with Crippen LogP contribution in [0.5, 0.6) is 5.75 Å². The highest BCUT2D eigenvalue weighted by Gasteiger charge is 2.18. The summed E-state index contributed by atoms with van der Waals surface area (Å²) in [6.45, 7) is 6.36. The average molecular weight is 425 g/mol. The van der Waals surface area contributed by atoms with E-state index in [4.69, 9.17) is 16.3 Å². The number of nitrogens with one attached hydrogen (secondary N) is 2. The van der Waals surface area contributed by atoms with Crippen LogP contribution < -0.4 is 14.8 Å². The number of hydrogen-bond acceptors (Lipinski definition) is 4. The third kappa shape index (κ3) is 5.70. The number of carbonyl (C=O) groups excluding carboxylic acids is 1. The lowest BCUT2D eigenvalue weighted by Crippen LogP contribution is -2.34. The molecule has 0 bridgehead atoms. The number of carbonyl (C=O) groups is 1. The Kier molecular flexibility index (Phi) is 7.09. The molecule has 0 fully saturated rings. The zero-order valence-electron chi connectivity index (χ0n) is 16.4. The molecule has 0 spiro atoms. The predicted molar refractivity (Wildman–Crippen MR) is 111 cm³/mol. The smallest absolute Gasteiger partial charge is 0.255 e. The van der Waals surface area contributed by atoms with Crippen molar-refractivity contribution in [1.29, 1.82) is 0 Å². The number of sulfonamides is 1. The van der Waals surface area contributed by atoms with E-state index in [1.165, 1.54) is 13.2 Å². The van der Waals surface area contributed by atoms with Crippen LogP contribution in [-0.4, -0.2) is 34.5 Å². The second kappa shape index (κ2) is 8.94. The third-order valence-electron chi connectivity index (χ3n) is 4.14. The van der Waals surface area contributed by atoms with Gasteiger partial charge >= 0.3 is 0 Å². The Morgan fingerprint density at radius 2 is 1.71 bits per heavy atom. The summed E-state index contributed by atoms with van der Waals surface area (Å²) in [6, 6.07) is 11.5. The van der Waals surface area contributed by atoms with Gasteiger partial charge in [0.1, 0.15) is 5.75 Å². The summed E-state index contributed by atoms with van der Waals surface area (Å²) in [4.78, 5) is 12.5. The maximum Gasteiger partial charge on any atom is 0.255 e. The molecule has 0 radical (unpaired) electrons. The predicted octanol–water partition coefficient (Wildman–Crippen LogP) is 3.35. The Morgan fingerprint density at radius 3 is 2.29 bits per heavy atom. The van der Waals surface area contributed by atoms with Crippen molar-refractivity contribution in [2.45, 2.75) is 31.1 Å². The van der Waals surface area contributed by atoms with E-state index in [0.717, 1.165) is 5.56 Å². The Hall–Kier alpha value is -2.09. The van der Waals surface area contributed by atoms with E-state index in [9.17, 15) is 13.2 Å². The van der Waals surface area contributed by atoms with Gasteiger partial charge in [0.2, 0.25) is 10.0 Å². The summed E-state index contributed by atoms with van der Waals surface area (Å²) in [7, 11) is -2.19. The van der Waals surface area contributed by atoms with Crippen molar-refractivity contribution < 1.29 is 17.9 Å². The minimum absolute atomic E-state index is 0.0535. The quantitative estimate of drug-likeness (QED) is 0.667. The van der Waals surface area contributed by atoms with Crippen molar-refractivity contribution >= 4 is 27.5 Å². The summed E-state index contributed by atoms with van der Waals surface area (Å²) in [6.07, 6.45) is 0. The van der Waals surface area contributed by atoms with Crippen LogP contribution in [0.2, 0.25) is 5.02 Å². The largest absolute Gasteiger partial charge is 0.496 e. The number of rotatable bonds is 7. The number of ether oxygens (including phenoxy) is 1. The standard InChI is InChI=1S/C20H25ClN2O4S/c1-20(2,3)14-5-8-16(9-6-14)28(25,26)23-12-11-22-19(24)17-13-15(21)7-10-18(17)27-4/h5-10,13,23H,11-12H2,1-4H3,(H,22,24). The molecule has 6 nitrogen and oxygen atoms in total. The van der Waals surface area contributed by atoms with E-state index >= 15 is 0 Å². The van der Waals surface area contributed by atoms with Gasteiger partial charge in [0.05, 0.1) is 17.6 Å². The fourth-order valence-electron chi connectivity index (χ4n) is 2.53. The van der Waals surface area contributed by atoms with Crippen molar-refractivity contribution in [1.82, 2.24) is 10.0 Å². The van der Waals surface area contributed by atoms with Gasteiger partial charge in [-0.3, -0.25) is 4.79 Å². The number of halogens is 1. The van der Waals surface area contributed by atoms with Crippen LogP contribution in [0.25, 0.3) is 0 Å². The van der Waals surface area contributed by atoms with Crippen LogP contribution in [0.3, 0.4) is 0 Å². The molecule has 2 aromatic carbocycles. The second-order valence-corrected chi connectivity index (χ2v) is 9.48. The van der Waals surface area contributed by atoms with Gasteiger partial charge in [-0.2, -0.15) is 0 Å². The third-order valence-corrected chi connectivity index (χ3v) is 5.85. The van der Waals surface area contributed by atoms with Crippen LogP contribution in [-0.2, 0) is 15.4 Å². The van der Waals surface area contributed by atoms with Crippen LogP contribution in [0.15, 0.2) is 47.4 Å². The Bertz CT molecular complexity index is 936. The minimum atomic E-state index is -3.65. The number of benzene rings is 2. The summed E-state index contributed by atoms with van der Waals surface area (Å²) < 4.78 is 32.4. The first kappa shape index (κ1) is 22.2. The summed E-state index contributed by atoms with van der Waals surface area (Å²) >= 11 is 5.92. The van der Waals surface area contributed by atoms with Crippen LogP contribution in [0.1, 0.15) is 36.7 Å². The molecule has 0 heterocycles. The molecular formula is C20H25ClN2O4S. The zero-order valence-corrected chi connectivity index (χ0v) is 17.9. The van der Waals surface area contributed by atoms with Gasteiger partial charge in [-0.05, 0) is 41.3 Å². The maximum absolute atomic E-state index is 12.4. The molecule has 8 heteroatoms. The van der Waals surface area contributed by atoms with Crippen molar-refractivity contribution in [3.63, 3.8) is 0 Å². The molecule has 0 aliphatic carbocycles.